The number of alkyl carbamates (subject to hydrolysis) is 1. The highest BCUT2D eigenvalue weighted by Crippen LogP contribution is 2.33. The van der Waals surface area contributed by atoms with Gasteiger partial charge in [0.2, 0.25) is 0 Å². The number of carbonyl (C=O) groups excluding carboxylic acids is 3. The van der Waals surface area contributed by atoms with E-state index in [9.17, 15) is 14.4 Å². The van der Waals surface area contributed by atoms with Gasteiger partial charge in [0.1, 0.15) is 12.2 Å². The summed E-state index contributed by atoms with van der Waals surface area (Å²) in [5, 5.41) is 6.37. The molecule has 0 aliphatic carbocycles. The molecule has 8 nitrogen and oxygen atoms in total. The molecule has 0 aromatic heterocycles. The van der Waals surface area contributed by atoms with E-state index in [1.54, 1.807) is 70.2 Å². The number of hydrogen-bond donors (Lipinski definition) is 2. The van der Waals surface area contributed by atoms with E-state index in [1.807, 2.05) is 0 Å². The van der Waals surface area contributed by atoms with Gasteiger partial charge in [-0.2, -0.15) is 0 Å². The van der Waals surface area contributed by atoms with Crippen molar-refractivity contribution in [3.8, 4) is 0 Å². The molecule has 2 aromatic rings. The van der Waals surface area contributed by atoms with Gasteiger partial charge in [-0.25, -0.2) is 9.59 Å². The van der Waals surface area contributed by atoms with Crippen molar-refractivity contribution in [1.82, 2.24) is 5.32 Å². The van der Waals surface area contributed by atoms with Crippen LogP contribution >= 0.6 is 23.2 Å². The Labute approximate surface area is 208 Å². The van der Waals surface area contributed by atoms with Gasteiger partial charge in [0.25, 0.3) is 0 Å². The second-order valence-corrected chi connectivity index (χ2v) is 9.00. The molecule has 0 heterocycles. The standard InChI is InChI=1S/C24H28Cl2N2O6/c1-5-32-22(30)19(28-23(31)34-24(2,3)4)14-33-20(29)13-15-9-6-7-12-18(15)27-21-16(25)10-8-11-17(21)26/h6-12,19,27H,5,13-14H2,1-4H3,(H,28,31)/t19-/m0/s1. The summed E-state index contributed by atoms with van der Waals surface area (Å²) in [6, 6.07) is 11.0. The van der Waals surface area contributed by atoms with Crippen LogP contribution in [0, 0.1) is 0 Å². The molecule has 2 aromatic carbocycles. The zero-order chi connectivity index (χ0) is 25.3. The van der Waals surface area contributed by atoms with Crippen molar-refractivity contribution in [2.24, 2.45) is 0 Å². The Balaban J connectivity index is 2.06. The fraction of sp³-hybridized carbons (Fsp3) is 0.375. The summed E-state index contributed by atoms with van der Waals surface area (Å²) >= 11 is 12.5. The Morgan fingerprint density at radius 2 is 1.62 bits per heavy atom. The van der Waals surface area contributed by atoms with Gasteiger partial charge >= 0.3 is 18.0 Å². The number of para-hydroxylation sites is 2. The highest BCUT2D eigenvalue weighted by Gasteiger charge is 2.27. The van der Waals surface area contributed by atoms with Gasteiger partial charge in [-0.05, 0) is 51.5 Å². The fourth-order valence-electron chi connectivity index (χ4n) is 2.79. The van der Waals surface area contributed by atoms with E-state index in [0.717, 1.165) is 0 Å². The first-order chi connectivity index (χ1) is 16.0. The average molecular weight is 511 g/mol. The lowest BCUT2D eigenvalue weighted by molar-refractivity contribution is -0.151. The Bertz CT molecular complexity index is 1000. The van der Waals surface area contributed by atoms with Crippen LogP contribution in [0.2, 0.25) is 10.0 Å². The molecule has 1 atom stereocenters. The van der Waals surface area contributed by atoms with Gasteiger partial charge in [-0.1, -0.05) is 47.5 Å². The van der Waals surface area contributed by atoms with Crippen LogP contribution in [0.5, 0.6) is 0 Å². The molecule has 10 heteroatoms. The van der Waals surface area contributed by atoms with Crippen LogP contribution in [0.3, 0.4) is 0 Å². The summed E-state index contributed by atoms with van der Waals surface area (Å²) in [6.07, 6.45) is -0.930. The van der Waals surface area contributed by atoms with E-state index in [4.69, 9.17) is 37.4 Å². The lowest BCUT2D eigenvalue weighted by Crippen LogP contribution is -2.47. The second kappa shape index (κ2) is 12.5. The molecule has 2 rings (SSSR count). The molecule has 0 aliphatic heterocycles. The van der Waals surface area contributed by atoms with Crippen molar-refractivity contribution in [2.45, 2.75) is 45.8 Å². The smallest absolute Gasteiger partial charge is 0.408 e. The van der Waals surface area contributed by atoms with E-state index < -0.39 is 36.3 Å². The van der Waals surface area contributed by atoms with Crippen LogP contribution in [0.25, 0.3) is 0 Å². The van der Waals surface area contributed by atoms with Crippen molar-refractivity contribution in [3.05, 3.63) is 58.1 Å². The van der Waals surface area contributed by atoms with Crippen molar-refractivity contribution in [3.63, 3.8) is 0 Å². The van der Waals surface area contributed by atoms with E-state index in [2.05, 4.69) is 10.6 Å². The summed E-state index contributed by atoms with van der Waals surface area (Å²) in [7, 11) is 0. The van der Waals surface area contributed by atoms with Gasteiger partial charge in [-0.15, -0.1) is 0 Å². The quantitative estimate of drug-likeness (QED) is 0.349. The minimum atomic E-state index is -1.21. The molecule has 0 saturated carbocycles. The number of benzene rings is 2. The SMILES string of the molecule is CCOC(=O)[C@H](COC(=O)Cc1ccccc1Nc1c(Cl)cccc1Cl)NC(=O)OC(C)(C)C. The highest BCUT2D eigenvalue weighted by molar-refractivity contribution is 6.39. The number of esters is 2. The molecule has 0 spiro atoms. The maximum atomic E-state index is 12.6. The van der Waals surface area contributed by atoms with E-state index in [0.29, 0.717) is 27.0 Å². The molecular formula is C24H28Cl2N2O6. The highest BCUT2D eigenvalue weighted by atomic mass is 35.5. The maximum absolute atomic E-state index is 12.6. The largest absolute Gasteiger partial charge is 0.464 e. The molecule has 0 fully saturated rings. The fourth-order valence-corrected chi connectivity index (χ4v) is 3.28. The van der Waals surface area contributed by atoms with Crippen LogP contribution in [-0.4, -0.2) is 42.9 Å². The maximum Gasteiger partial charge on any atom is 0.408 e. The minimum Gasteiger partial charge on any atom is -0.464 e. The summed E-state index contributed by atoms with van der Waals surface area (Å²) in [4.78, 5) is 36.8. The molecule has 0 radical (unpaired) electrons. The van der Waals surface area contributed by atoms with Crippen molar-refractivity contribution >= 4 is 52.6 Å². The van der Waals surface area contributed by atoms with Gasteiger partial charge in [-0.3, -0.25) is 4.79 Å². The Kier molecular flexibility index (Phi) is 10.0. The van der Waals surface area contributed by atoms with E-state index in [-0.39, 0.29) is 13.0 Å². The third kappa shape index (κ3) is 8.76. The Hall–Kier alpha value is -2.97. The lowest BCUT2D eigenvalue weighted by atomic mass is 10.1. The zero-order valence-corrected chi connectivity index (χ0v) is 21.0. The van der Waals surface area contributed by atoms with Crippen LogP contribution in [0.1, 0.15) is 33.3 Å². The summed E-state index contributed by atoms with van der Waals surface area (Å²) < 4.78 is 15.4. The number of ether oxygens (including phenoxy) is 3. The lowest BCUT2D eigenvalue weighted by Gasteiger charge is -2.22. The first-order valence-corrected chi connectivity index (χ1v) is 11.4. The molecule has 34 heavy (non-hydrogen) atoms. The summed E-state index contributed by atoms with van der Waals surface area (Å²) in [6.45, 7) is 6.38. The van der Waals surface area contributed by atoms with Crippen molar-refractivity contribution in [1.29, 1.82) is 0 Å². The van der Waals surface area contributed by atoms with Crippen LogP contribution in [0.4, 0.5) is 16.2 Å². The normalized spacial score (nSPS) is 11.8. The predicted octanol–water partition coefficient (Wildman–Crippen LogP) is 5.28. The van der Waals surface area contributed by atoms with E-state index >= 15 is 0 Å². The molecule has 2 N–H and O–H groups in total. The third-order valence-corrected chi connectivity index (χ3v) is 4.88. The van der Waals surface area contributed by atoms with Crippen LogP contribution in [-0.2, 0) is 30.2 Å². The van der Waals surface area contributed by atoms with Crippen LogP contribution < -0.4 is 10.6 Å². The van der Waals surface area contributed by atoms with Gasteiger partial charge in [0.15, 0.2) is 6.04 Å². The molecule has 1 amide bonds. The first-order valence-electron chi connectivity index (χ1n) is 10.6. The summed E-state index contributed by atoms with van der Waals surface area (Å²) in [5.41, 5.74) is 0.983. The Morgan fingerprint density at radius 3 is 2.24 bits per heavy atom. The molecule has 0 aliphatic rings. The molecule has 0 saturated heterocycles. The number of carbonyl (C=O) groups is 3. The number of anilines is 2. The topological polar surface area (TPSA) is 103 Å². The zero-order valence-electron chi connectivity index (χ0n) is 19.4. The molecular weight excluding hydrogens is 483 g/mol. The number of rotatable bonds is 9. The Morgan fingerprint density at radius 1 is 0.971 bits per heavy atom. The molecule has 184 valence electrons. The van der Waals surface area contributed by atoms with Crippen LogP contribution in [0.15, 0.2) is 42.5 Å². The number of halogens is 2. The third-order valence-electron chi connectivity index (χ3n) is 4.25. The average Bonchev–Trinajstić information content (AvgIpc) is 2.73. The monoisotopic (exact) mass is 510 g/mol. The van der Waals surface area contributed by atoms with Crippen molar-refractivity contribution in [2.75, 3.05) is 18.5 Å². The summed E-state index contributed by atoms with van der Waals surface area (Å²) in [5.74, 6) is -1.35. The van der Waals surface area contributed by atoms with Gasteiger partial charge < -0.3 is 24.8 Å². The number of nitrogens with one attached hydrogen (secondary N) is 2. The number of hydrogen-bond acceptors (Lipinski definition) is 7. The molecule has 0 unspecified atom stereocenters. The van der Waals surface area contributed by atoms with Gasteiger partial charge in [0.05, 0.1) is 28.8 Å². The van der Waals surface area contributed by atoms with E-state index in [1.165, 1.54) is 0 Å². The minimum absolute atomic E-state index is 0.100. The first kappa shape index (κ1) is 27.3. The van der Waals surface area contributed by atoms with Gasteiger partial charge in [0, 0.05) is 5.69 Å². The van der Waals surface area contributed by atoms with Crippen molar-refractivity contribution < 1.29 is 28.6 Å². The molecule has 0 bridgehead atoms. The second-order valence-electron chi connectivity index (χ2n) is 8.19. The predicted molar refractivity (Wildman–Crippen MR) is 131 cm³/mol. The number of amides is 1.